The molecule has 1 aromatic heterocycles. The second-order valence-electron chi connectivity index (χ2n) is 4.75. The molecule has 0 spiro atoms. The summed E-state index contributed by atoms with van der Waals surface area (Å²) in [6.07, 6.45) is 4.27. The summed E-state index contributed by atoms with van der Waals surface area (Å²) < 4.78 is 2.05. The molecular formula is C11H18N2O2. The lowest BCUT2D eigenvalue weighted by atomic mass is 10.1. The van der Waals surface area contributed by atoms with Crippen molar-refractivity contribution in [2.24, 2.45) is 5.73 Å². The molecule has 4 nitrogen and oxygen atoms in total. The number of rotatable bonds is 3. The Bertz CT molecular complexity index is 350. The Morgan fingerprint density at radius 2 is 2.20 bits per heavy atom. The Labute approximate surface area is 89.7 Å². The van der Waals surface area contributed by atoms with Crippen molar-refractivity contribution in [3.63, 3.8) is 0 Å². The molecule has 0 saturated carbocycles. The van der Waals surface area contributed by atoms with Crippen molar-refractivity contribution >= 4 is 5.97 Å². The lowest BCUT2D eigenvalue weighted by Crippen LogP contribution is -2.32. The van der Waals surface area contributed by atoms with Crippen LogP contribution in [0, 0.1) is 0 Å². The van der Waals surface area contributed by atoms with Crippen LogP contribution in [0.4, 0.5) is 0 Å². The van der Waals surface area contributed by atoms with E-state index in [1.54, 1.807) is 0 Å². The number of carbonyl (C=O) groups is 1. The van der Waals surface area contributed by atoms with Crippen molar-refractivity contribution in [1.29, 1.82) is 0 Å². The largest absolute Gasteiger partial charge is 0.480 e. The highest BCUT2D eigenvalue weighted by atomic mass is 16.4. The van der Waals surface area contributed by atoms with Gasteiger partial charge in [-0.2, -0.15) is 0 Å². The highest BCUT2D eigenvalue weighted by Gasteiger charge is 2.16. The van der Waals surface area contributed by atoms with E-state index in [9.17, 15) is 4.79 Å². The van der Waals surface area contributed by atoms with Crippen molar-refractivity contribution in [1.82, 2.24) is 4.57 Å². The summed E-state index contributed by atoms with van der Waals surface area (Å²) in [4.78, 5) is 10.6. The first kappa shape index (κ1) is 11.8. The van der Waals surface area contributed by atoms with E-state index < -0.39 is 12.0 Å². The molecule has 84 valence electrons. The molecular weight excluding hydrogens is 192 g/mol. The summed E-state index contributed by atoms with van der Waals surface area (Å²) in [6, 6.07) is 1.09. The molecule has 0 aliphatic heterocycles. The summed E-state index contributed by atoms with van der Waals surface area (Å²) in [5.74, 6) is -0.960. The predicted molar refractivity (Wildman–Crippen MR) is 58.7 cm³/mol. The van der Waals surface area contributed by atoms with Crippen LogP contribution in [-0.4, -0.2) is 21.7 Å². The van der Waals surface area contributed by atoms with Gasteiger partial charge in [-0.25, -0.2) is 0 Å². The molecule has 1 atom stereocenters. The van der Waals surface area contributed by atoms with Crippen LogP contribution in [0.2, 0.25) is 0 Å². The van der Waals surface area contributed by atoms with E-state index in [1.807, 2.05) is 18.5 Å². The van der Waals surface area contributed by atoms with Gasteiger partial charge in [-0.3, -0.25) is 4.79 Å². The third-order valence-corrected chi connectivity index (χ3v) is 2.30. The van der Waals surface area contributed by atoms with Crippen LogP contribution >= 0.6 is 0 Å². The summed E-state index contributed by atoms with van der Waals surface area (Å²) in [5.41, 5.74) is 6.44. The standard InChI is InChI=1S/C11H18N2O2/c1-11(2,3)13-5-4-8(7-13)6-9(12)10(14)15/h4-5,7,9H,6,12H2,1-3H3,(H,14,15). The smallest absolute Gasteiger partial charge is 0.320 e. The molecule has 0 radical (unpaired) electrons. The topological polar surface area (TPSA) is 68.2 Å². The molecule has 3 N–H and O–H groups in total. The maximum Gasteiger partial charge on any atom is 0.320 e. The summed E-state index contributed by atoms with van der Waals surface area (Å²) in [5, 5.41) is 8.68. The van der Waals surface area contributed by atoms with Crippen LogP contribution in [0.5, 0.6) is 0 Å². The fourth-order valence-electron chi connectivity index (χ4n) is 1.32. The lowest BCUT2D eigenvalue weighted by molar-refractivity contribution is -0.138. The first-order valence-electron chi connectivity index (χ1n) is 4.96. The van der Waals surface area contributed by atoms with Crippen molar-refractivity contribution < 1.29 is 9.90 Å². The van der Waals surface area contributed by atoms with E-state index in [0.29, 0.717) is 6.42 Å². The van der Waals surface area contributed by atoms with Gasteiger partial charge in [-0.05, 0) is 38.8 Å². The van der Waals surface area contributed by atoms with E-state index in [4.69, 9.17) is 10.8 Å². The highest BCUT2D eigenvalue weighted by molar-refractivity contribution is 5.73. The molecule has 0 aliphatic rings. The Morgan fingerprint density at radius 1 is 1.60 bits per heavy atom. The van der Waals surface area contributed by atoms with Gasteiger partial charge in [-0.15, -0.1) is 0 Å². The normalized spacial score (nSPS) is 13.9. The summed E-state index contributed by atoms with van der Waals surface area (Å²) in [6.45, 7) is 6.27. The minimum Gasteiger partial charge on any atom is -0.480 e. The minimum atomic E-state index is -0.960. The molecule has 0 aliphatic carbocycles. The van der Waals surface area contributed by atoms with Gasteiger partial charge in [0.25, 0.3) is 0 Å². The Kier molecular flexibility index (Phi) is 3.19. The number of aliphatic carboxylic acids is 1. The Morgan fingerprint density at radius 3 is 2.60 bits per heavy atom. The van der Waals surface area contributed by atoms with Gasteiger partial charge in [0.1, 0.15) is 6.04 Å². The second-order valence-corrected chi connectivity index (χ2v) is 4.75. The molecule has 4 heteroatoms. The van der Waals surface area contributed by atoms with Crippen LogP contribution in [0.25, 0.3) is 0 Å². The molecule has 0 aromatic carbocycles. The van der Waals surface area contributed by atoms with Crippen LogP contribution in [0.1, 0.15) is 26.3 Å². The number of aromatic nitrogens is 1. The average molecular weight is 210 g/mol. The molecule has 1 heterocycles. The molecule has 0 amide bonds. The van der Waals surface area contributed by atoms with Crippen LogP contribution in [0.15, 0.2) is 18.5 Å². The number of nitrogens with zero attached hydrogens (tertiary/aromatic N) is 1. The first-order valence-corrected chi connectivity index (χ1v) is 4.96. The number of nitrogens with two attached hydrogens (primary N) is 1. The van der Waals surface area contributed by atoms with Gasteiger partial charge in [0.15, 0.2) is 0 Å². The van der Waals surface area contributed by atoms with Gasteiger partial charge in [0, 0.05) is 17.9 Å². The van der Waals surface area contributed by atoms with Gasteiger partial charge >= 0.3 is 5.97 Å². The van der Waals surface area contributed by atoms with Gasteiger partial charge in [-0.1, -0.05) is 0 Å². The van der Waals surface area contributed by atoms with E-state index in [2.05, 4.69) is 25.3 Å². The molecule has 0 saturated heterocycles. The van der Waals surface area contributed by atoms with Crippen molar-refractivity contribution in [2.45, 2.75) is 38.8 Å². The Balaban J connectivity index is 2.73. The van der Waals surface area contributed by atoms with Crippen LogP contribution < -0.4 is 5.73 Å². The fraction of sp³-hybridized carbons (Fsp3) is 0.545. The zero-order valence-corrected chi connectivity index (χ0v) is 9.40. The van der Waals surface area contributed by atoms with Gasteiger partial charge in [0.05, 0.1) is 0 Å². The van der Waals surface area contributed by atoms with Gasteiger partial charge < -0.3 is 15.4 Å². The molecule has 1 unspecified atom stereocenters. The SMILES string of the molecule is CC(C)(C)n1ccc(CC(N)C(=O)O)c1. The number of carboxylic acid groups (broad SMARTS) is 1. The maximum atomic E-state index is 10.6. The zero-order valence-electron chi connectivity index (χ0n) is 9.40. The minimum absolute atomic E-state index is 0.0194. The monoisotopic (exact) mass is 210 g/mol. The second kappa shape index (κ2) is 4.06. The fourth-order valence-corrected chi connectivity index (χ4v) is 1.32. The average Bonchev–Trinajstić information content (AvgIpc) is 2.51. The molecule has 15 heavy (non-hydrogen) atoms. The Hall–Kier alpha value is -1.29. The number of carboxylic acids is 1. The van der Waals surface area contributed by atoms with E-state index in [-0.39, 0.29) is 5.54 Å². The molecule has 1 aromatic rings. The first-order chi connectivity index (χ1) is 6.80. The molecule has 1 rings (SSSR count). The van der Waals surface area contributed by atoms with Crippen molar-refractivity contribution in [3.05, 3.63) is 24.0 Å². The lowest BCUT2D eigenvalue weighted by Gasteiger charge is -2.20. The van der Waals surface area contributed by atoms with Crippen LogP contribution in [-0.2, 0) is 16.8 Å². The van der Waals surface area contributed by atoms with Crippen LogP contribution in [0.3, 0.4) is 0 Å². The highest BCUT2D eigenvalue weighted by Crippen LogP contribution is 2.16. The van der Waals surface area contributed by atoms with E-state index in [0.717, 1.165) is 5.56 Å². The third-order valence-electron chi connectivity index (χ3n) is 2.30. The van der Waals surface area contributed by atoms with Gasteiger partial charge in [0.2, 0.25) is 0 Å². The molecule has 0 bridgehead atoms. The van der Waals surface area contributed by atoms with Crippen molar-refractivity contribution in [2.75, 3.05) is 0 Å². The van der Waals surface area contributed by atoms with Crippen molar-refractivity contribution in [3.8, 4) is 0 Å². The number of hydrogen-bond acceptors (Lipinski definition) is 2. The molecule has 0 fully saturated rings. The number of hydrogen-bond donors (Lipinski definition) is 2. The predicted octanol–water partition coefficient (Wildman–Crippen LogP) is 1.20. The maximum absolute atomic E-state index is 10.6. The quantitative estimate of drug-likeness (QED) is 0.787. The zero-order chi connectivity index (χ0) is 11.6. The van der Waals surface area contributed by atoms with E-state index >= 15 is 0 Å². The third kappa shape index (κ3) is 3.09. The van der Waals surface area contributed by atoms with E-state index in [1.165, 1.54) is 0 Å². The summed E-state index contributed by atoms with van der Waals surface area (Å²) in [7, 11) is 0. The summed E-state index contributed by atoms with van der Waals surface area (Å²) >= 11 is 0.